The molecule has 6 heteroatoms. The molecule has 2 N–H and O–H groups in total. The minimum atomic E-state index is -0.219. The van der Waals surface area contributed by atoms with Crippen molar-refractivity contribution in [3.05, 3.63) is 29.3 Å². The number of likely N-dealkylation sites (N-methyl/N-ethyl adjacent to an activating group) is 1. The first-order valence-electron chi connectivity index (χ1n) is 8.59. The van der Waals surface area contributed by atoms with Crippen molar-refractivity contribution in [1.29, 1.82) is 0 Å². The van der Waals surface area contributed by atoms with E-state index in [0.29, 0.717) is 22.7 Å². The molecule has 2 amide bonds. The average molecular weight is 350 g/mol. The summed E-state index contributed by atoms with van der Waals surface area (Å²) in [5.41, 5.74) is 0.637. The third kappa shape index (κ3) is 4.08. The molecule has 2 aliphatic rings. The van der Waals surface area contributed by atoms with Gasteiger partial charge in [-0.05, 0) is 43.4 Å². The van der Waals surface area contributed by atoms with Crippen LogP contribution in [0.4, 0.5) is 5.69 Å². The van der Waals surface area contributed by atoms with Crippen LogP contribution in [-0.4, -0.2) is 42.4 Å². The van der Waals surface area contributed by atoms with Crippen LogP contribution in [0.3, 0.4) is 0 Å². The number of nitrogens with zero attached hydrogens (tertiary/aromatic N) is 1. The number of carbonyl (C=O) groups is 2. The molecule has 1 saturated heterocycles. The summed E-state index contributed by atoms with van der Waals surface area (Å²) < 4.78 is 0. The Kier molecular flexibility index (Phi) is 5.41. The van der Waals surface area contributed by atoms with Crippen LogP contribution in [0.5, 0.6) is 0 Å². The van der Waals surface area contributed by atoms with E-state index < -0.39 is 0 Å². The highest BCUT2D eigenvalue weighted by Crippen LogP contribution is 2.33. The summed E-state index contributed by atoms with van der Waals surface area (Å²) in [6.07, 6.45) is 5.77. The van der Waals surface area contributed by atoms with Gasteiger partial charge in [-0.3, -0.25) is 9.59 Å². The van der Waals surface area contributed by atoms with Crippen LogP contribution < -0.4 is 10.6 Å². The quantitative estimate of drug-likeness (QED) is 0.878. The lowest BCUT2D eigenvalue weighted by Crippen LogP contribution is -2.46. The van der Waals surface area contributed by atoms with E-state index >= 15 is 0 Å². The van der Waals surface area contributed by atoms with E-state index in [9.17, 15) is 9.59 Å². The van der Waals surface area contributed by atoms with Crippen molar-refractivity contribution < 1.29 is 9.59 Å². The second-order valence-electron chi connectivity index (χ2n) is 6.86. The summed E-state index contributed by atoms with van der Waals surface area (Å²) in [5, 5.41) is 6.80. The Labute approximate surface area is 147 Å². The van der Waals surface area contributed by atoms with Crippen LogP contribution in [-0.2, 0) is 9.59 Å². The molecule has 24 heavy (non-hydrogen) atoms. The lowest BCUT2D eigenvalue weighted by Gasteiger charge is -2.24. The van der Waals surface area contributed by atoms with Gasteiger partial charge in [0.2, 0.25) is 11.8 Å². The summed E-state index contributed by atoms with van der Waals surface area (Å²) in [6, 6.07) is 7.30. The van der Waals surface area contributed by atoms with Crippen LogP contribution in [0.2, 0.25) is 5.02 Å². The highest BCUT2D eigenvalue weighted by atomic mass is 35.5. The van der Waals surface area contributed by atoms with Gasteiger partial charge in [-0.15, -0.1) is 0 Å². The third-order valence-electron chi connectivity index (χ3n) is 5.03. The number of amides is 2. The first-order chi connectivity index (χ1) is 11.5. The average Bonchev–Trinajstić information content (AvgIpc) is 2.97. The molecule has 1 aliphatic carbocycles. The smallest absolute Gasteiger partial charge is 0.243 e. The maximum atomic E-state index is 12.6. The molecule has 3 atom stereocenters. The zero-order chi connectivity index (χ0) is 17.1. The molecule has 0 radical (unpaired) electrons. The Hall–Kier alpha value is -1.59. The van der Waals surface area contributed by atoms with Crippen molar-refractivity contribution in [2.24, 2.45) is 5.92 Å². The van der Waals surface area contributed by atoms with Gasteiger partial charge in [-0.25, -0.2) is 0 Å². The fraction of sp³-hybridized carbons (Fsp3) is 0.556. The summed E-state index contributed by atoms with van der Waals surface area (Å²) >= 11 is 5.91. The molecule has 3 rings (SSSR count). The largest absolute Gasteiger partial charge is 0.335 e. The van der Waals surface area contributed by atoms with Gasteiger partial charge in [0.25, 0.3) is 0 Å². The Bertz CT molecular complexity index is 608. The molecule has 1 saturated carbocycles. The summed E-state index contributed by atoms with van der Waals surface area (Å²) in [7, 11) is 1.68. The number of hydrogen-bond donors (Lipinski definition) is 2. The van der Waals surface area contributed by atoms with Crippen molar-refractivity contribution >= 4 is 29.1 Å². The van der Waals surface area contributed by atoms with E-state index in [1.54, 1.807) is 31.3 Å². The molecule has 0 aromatic heterocycles. The number of halogens is 1. The molecular formula is C18H24ClN3O2. The molecule has 130 valence electrons. The maximum absolute atomic E-state index is 12.6. The van der Waals surface area contributed by atoms with E-state index in [1.165, 1.54) is 24.2 Å². The van der Waals surface area contributed by atoms with Gasteiger partial charge in [-0.2, -0.15) is 0 Å². The number of hydrogen-bond acceptors (Lipinski definition) is 3. The first-order valence-corrected chi connectivity index (χ1v) is 8.97. The van der Waals surface area contributed by atoms with Gasteiger partial charge in [0, 0.05) is 23.8 Å². The number of anilines is 1. The van der Waals surface area contributed by atoms with Crippen LogP contribution in [0.25, 0.3) is 0 Å². The Balaban J connectivity index is 1.51. The van der Waals surface area contributed by atoms with Gasteiger partial charge < -0.3 is 15.5 Å². The molecule has 0 bridgehead atoms. The van der Waals surface area contributed by atoms with E-state index in [-0.39, 0.29) is 24.4 Å². The SMILES string of the molecule is CN(CC(=O)Nc1cccc(Cl)c1)C(=O)C1CC2CCCCC2N1. The predicted molar refractivity (Wildman–Crippen MR) is 95.0 cm³/mol. The minimum absolute atomic E-state index is 0.00523. The monoisotopic (exact) mass is 349 g/mol. The molecule has 1 aromatic carbocycles. The third-order valence-corrected chi connectivity index (χ3v) is 5.26. The van der Waals surface area contributed by atoms with Gasteiger partial charge in [0.1, 0.15) is 0 Å². The van der Waals surface area contributed by atoms with Crippen molar-refractivity contribution in [2.75, 3.05) is 18.9 Å². The first kappa shape index (κ1) is 17.2. The molecule has 1 aromatic rings. The maximum Gasteiger partial charge on any atom is 0.243 e. The van der Waals surface area contributed by atoms with E-state index in [4.69, 9.17) is 11.6 Å². The zero-order valence-electron chi connectivity index (χ0n) is 13.9. The Morgan fingerprint density at radius 3 is 2.88 bits per heavy atom. The Morgan fingerprint density at radius 1 is 1.33 bits per heavy atom. The van der Waals surface area contributed by atoms with Crippen LogP contribution in [0.1, 0.15) is 32.1 Å². The van der Waals surface area contributed by atoms with Gasteiger partial charge in [-0.1, -0.05) is 30.5 Å². The highest BCUT2D eigenvalue weighted by Gasteiger charge is 2.39. The number of benzene rings is 1. The second-order valence-corrected chi connectivity index (χ2v) is 7.30. The van der Waals surface area contributed by atoms with Crippen molar-refractivity contribution in [2.45, 2.75) is 44.2 Å². The molecule has 5 nitrogen and oxygen atoms in total. The summed E-state index contributed by atoms with van der Waals surface area (Å²) in [4.78, 5) is 26.2. The van der Waals surface area contributed by atoms with E-state index in [2.05, 4.69) is 10.6 Å². The number of carbonyl (C=O) groups excluding carboxylic acids is 2. The fourth-order valence-electron chi connectivity index (χ4n) is 3.84. The zero-order valence-corrected chi connectivity index (χ0v) is 14.7. The van der Waals surface area contributed by atoms with Crippen molar-refractivity contribution in [3.8, 4) is 0 Å². The van der Waals surface area contributed by atoms with Gasteiger partial charge in [0.05, 0.1) is 12.6 Å². The molecule has 1 heterocycles. The second kappa shape index (κ2) is 7.53. The predicted octanol–water partition coefficient (Wildman–Crippen LogP) is 2.66. The van der Waals surface area contributed by atoms with Crippen LogP contribution in [0.15, 0.2) is 24.3 Å². The lowest BCUT2D eigenvalue weighted by molar-refractivity contribution is -0.134. The number of fused-ring (bicyclic) bond motifs is 1. The molecule has 1 aliphatic heterocycles. The lowest BCUT2D eigenvalue weighted by atomic mass is 9.85. The Morgan fingerprint density at radius 2 is 2.12 bits per heavy atom. The number of nitrogens with one attached hydrogen (secondary N) is 2. The fourth-order valence-corrected chi connectivity index (χ4v) is 4.03. The molecule has 0 spiro atoms. The van der Waals surface area contributed by atoms with Gasteiger partial charge in [0.15, 0.2) is 0 Å². The van der Waals surface area contributed by atoms with Crippen molar-refractivity contribution in [1.82, 2.24) is 10.2 Å². The standard InChI is InChI=1S/C18H24ClN3O2/c1-22(11-17(23)20-14-7-4-6-13(19)10-14)18(24)16-9-12-5-2-3-8-15(12)21-16/h4,6-7,10,12,15-16,21H,2-3,5,8-9,11H2,1H3,(H,20,23). The van der Waals surface area contributed by atoms with Crippen LogP contribution >= 0.6 is 11.6 Å². The number of rotatable bonds is 4. The topological polar surface area (TPSA) is 61.4 Å². The molecule has 2 fully saturated rings. The van der Waals surface area contributed by atoms with Crippen LogP contribution in [0, 0.1) is 5.92 Å². The summed E-state index contributed by atoms with van der Waals surface area (Å²) in [6.45, 7) is 0.0405. The van der Waals surface area contributed by atoms with E-state index in [1.807, 2.05) is 0 Å². The molecular weight excluding hydrogens is 326 g/mol. The van der Waals surface area contributed by atoms with Gasteiger partial charge >= 0.3 is 0 Å². The van der Waals surface area contributed by atoms with Crippen molar-refractivity contribution in [3.63, 3.8) is 0 Å². The highest BCUT2D eigenvalue weighted by molar-refractivity contribution is 6.30. The normalized spacial score (nSPS) is 25.8. The minimum Gasteiger partial charge on any atom is -0.335 e. The van der Waals surface area contributed by atoms with E-state index in [0.717, 1.165) is 12.8 Å². The molecule has 3 unspecified atom stereocenters. The summed E-state index contributed by atoms with van der Waals surface area (Å²) in [5.74, 6) is 0.399.